The maximum Gasteiger partial charge on any atom is 0.244 e. The molecule has 0 heterocycles. The molecule has 2 aromatic carbocycles. The monoisotopic (exact) mass is 575 g/mol. The normalized spacial score (nSPS) is 12.7. The third kappa shape index (κ3) is 8.26. The van der Waals surface area contributed by atoms with Gasteiger partial charge in [-0.3, -0.25) is 13.9 Å². The molecule has 2 rings (SSSR count). The highest BCUT2D eigenvalue weighted by Gasteiger charge is 2.33. The molecule has 0 aliphatic rings. The van der Waals surface area contributed by atoms with Crippen LogP contribution in [0.5, 0.6) is 0 Å². The van der Waals surface area contributed by atoms with Crippen LogP contribution in [0.2, 0.25) is 15.1 Å². The Bertz CT molecular complexity index is 1230. The standard InChI is InChI=1S/C25H32Cl3N3O4S/c1-7-21(24(33)29-25(3,4)5)30(14-17-9-11-18(26)12-20(17)28)23(32)15-31(36(6,34)35)22-13-19(27)10-8-16(22)2/h8-13,21H,7,14-15H2,1-6H3,(H,29,33)/t21-/m1/s1. The van der Waals surface area contributed by atoms with Crippen LogP contribution in [-0.2, 0) is 26.2 Å². The zero-order valence-corrected chi connectivity index (χ0v) is 24.3. The van der Waals surface area contributed by atoms with Gasteiger partial charge in [0.1, 0.15) is 12.6 Å². The van der Waals surface area contributed by atoms with Crippen molar-refractivity contribution in [3.05, 3.63) is 62.6 Å². The average molecular weight is 577 g/mol. The summed E-state index contributed by atoms with van der Waals surface area (Å²) in [6.45, 7) is 8.49. The van der Waals surface area contributed by atoms with Crippen molar-refractivity contribution in [2.45, 2.75) is 59.2 Å². The Morgan fingerprint density at radius 2 is 1.61 bits per heavy atom. The molecule has 0 aliphatic heterocycles. The van der Waals surface area contributed by atoms with E-state index < -0.39 is 34.1 Å². The van der Waals surface area contributed by atoms with Crippen molar-refractivity contribution in [1.82, 2.24) is 10.2 Å². The lowest BCUT2D eigenvalue weighted by molar-refractivity contribution is -0.141. The Morgan fingerprint density at radius 3 is 2.14 bits per heavy atom. The average Bonchev–Trinajstić information content (AvgIpc) is 2.73. The Kier molecular flexibility index (Phi) is 10.1. The van der Waals surface area contributed by atoms with E-state index in [1.165, 1.54) is 11.0 Å². The summed E-state index contributed by atoms with van der Waals surface area (Å²) >= 11 is 18.5. The molecular formula is C25H32Cl3N3O4S. The zero-order chi connectivity index (χ0) is 27.4. The molecule has 0 spiro atoms. The van der Waals surface area contributed by atoms with Crippen LogP contribution in [0.4, 0.5) is 5.69 Å². The number of aryl methyl sites for hydroxylation is 1. The van der Waals surface area contributed by atoms with Gasteiger partial charge in [0.2, 0.25) is 21.8 Å². The molecule has 198 valence electrons. The molecule has 0 saturated heterocycles. The predicted molar refractivity (Wildman–Crippen MR) is 147 cm³/mol. The molecule has 0 bridgehead atoms. The lowest BCUT2D eigenvalue weighted by Crippen LogP contribution is -2.55. The van der Waals surface area contributed by atoms with E-state index in [-0.39, 0.29) is 18.1 Å². The molecule has 1 N–H and O–H groups in total. The molecule has 7 nitrogen and oxygen atoms in total. The number of amides is 2. The van der Waals surface area contributed by atoms with Gasteiger partial charge in [-0.1, -0.05) is 53.9 Å². The number of sulfonamides is 1. The fraction of sp³-hybridized carbons (Fsp3) is 0.440. The SMILES string of the molecule is CC[C@H](C(=O)NC(C)(C)C)N(Cc1ccc(Cl)cc1Cl)C(=O)CN(c1cc(Cl)ccc1C)S(C)(=O)=O. The van der Waals surface area contributed by atoms with Gasteiger partial charge in [-0.15, -0.1) is 0 Å². The summed E-state index contributed by atoms with van der Waals surface area (Å²) in [5.41, 5.74) is 0.951. The molecule has 2 aromatic rings. The second kappa shape index (κ2) is 12.0. The van der Waals surface area contributed by atoms with E-state index in [0.717, 1.165) is 10.6 Å². The van der Waals surface area contributed by atoms with Gasteiger partial charge >= 0.3 is 0 Å². The predicted octanol–water partition coefficient (Wildman–Crippen LogP) is 5.44. The minimum Gasteiger partial charge on any atom is -0.350 e. The van der Waals surface area contributed by atoms with Crippen molar-refractivity contribution >= 4 is 62.3 Å². The molecule has 0 fully saturated rings. The van der Waals surface area contributed by atoms with Crippen molar-refractivity contribution in [1.29, 1.82) is 0 Å². The molecule has 0 unspecified atom stereocenters. The number of nitrogens with one attached hydrogen (secondary N) is 1. The largest absolute Gasteiger partial charge is 0.350 e. The number of carbonyl (C=O) groups excluding carboxylic acids is 2. The molecule has 11 heteroatoms. The van der Waals surface area contributed by atoms with E-state index in [1.54, 1.807) is 44.2 Å². The fourth-order valence-corrected chi connectivity index (χ4v) is 5.19. The van der Waals surface area contributed by atoms with Crippen LogP contribution >= 0.6 is 34.8 Å². The van der Waals surface area contributed by atoms with Crippen molar-refractivity contribution in [2.24, 2.45) is 0 Å². The first kappa shape index (κ1) is 30.2. The summed E-state index contributed by atoms with van der Waals surface area (Å²) in [6.07, 6.45) is 1.32. The number of halogens is 3. The highest BCUT2D eigenvalue weighted by atomic mass is 35.5. The minimum atomic E-state index is -3.87. The van der Waals surface area contributed by atoms with Crippen molar-refractivity contribution in [3.8, 4) is 0 Å². The van der Waals surface area contributed by atoms with Crippen molar-refractivity contribution < 1.29 is 18.0 Å². The van der Waals surface area contributed by atoms with Gasteiger partial charge in [-0.25, -0.2) is 8.42 Å². The smallest absolute Gasteiger partial charge is 0.244 e. The first-order chi connectivity index (χ1) is 16.5. The summed E-state index contributed by atoms with van der Waals surface area (Å²) in [5, 5.41) is 4.00. The van der Waals surface area contributed by atoms with Crippen LogP contribution in [0.15, 0.2) is 36.4 Å². The third-order valence-electron chi connectivity index (χ3n) is 5.36. The Balaban J connectivity index is 2.54. The Hall–Kier alpha value is -2.00. The van der Waals surface area contributed by atoms with Crippen molar-refractivity contribution in [3.63, 3.8) is 0 Å². The van der Waals surface area contributed by atoms with E-state index in [4.69, 9.17) is 34.8 Å². The number of hydrogen-bond acceptors (Lipinski definition) is 4. The topological polar surface area (TPSA) is 86.8 Å². The van der Waals surface area contributed by atoms with Gasteiger partial charge in [-0.2, -0.15) is 0 Å². The van der Waals surface area contributed by atoms with E-state index >= 15 is 0 Å². The van der Waals surface area contributed by atoms with Crippen LogP contribution < -0.4 is 9.62 Å². The van der Waals surface area contributed by atoms with Crippen LogP contribution in [-0.4, -0.2) is 49.5 Å². The summed E-state index contributed by atoms with van der Waals surface area (Å²) in [7, 11) is -3.87. The fourth-order valence-electron chi connectivity index (χ4n) is 3.65. The van der Waals surface area contributed by atoms with Crippen LogP contribution in [0, 0.1) is 6.92 Å². The molecule has 0 saturated carbocycles. The number of carbonyl (C=O) groups is 2. The van der Waals surface area contributed by atoms with Gasteiger partial charge in [0.05, 0.1) is 11.9 Å². The highest BCUT2D eigenvalue weighted by Crippen LogP contribution is 2.28. The van der Waals surface area contributed by atoms with Crippen LogP contribution in [0.3, 0.4) is 0 Å². The lowest BCUT2D eigenvalue weighted by Gasteiger charge is -2.35. The first-order valence-corrected chi connectivity index (χ1v) is 14.3. The molecule has 0 aliphatic carbocycles. The summed E-state index contributed by atoms with van der Waals surface area (Å²) in [4.78, 5) is 28.3. The summed E-state index contributed by atoms with van der Waals surface area (Å²) < 4.78 is 26.5. The van der Waals surface area contributed by atoms with Gasteiger partial charge in [-0.05, 0) is 69.5 Å². The van der Waals surface area contributed by atoms with E-state index in [2.05, 4.69) is 5.32 Å². The Labute approximate surface area is 228 Å². The van der Waals surface area contributed by atoms with Crippen LogP contribution in [0.25, 0.3) is 0 Å². The van der Waals surface area contributed by atoms with Gasteiger partial charge in [0.25, 0.3) is 0 Å². The second-order valence-corrected chi connectivity index (χ2v) is 12.8. The molecule has 0 aromatic heterocycles. The number of hydrogen-bond donors (Lipinski definition) is 1. The number of rotatable bonds is 9. The zero-order valence-electron chi connectivity index (χ0n) is 21.2. The second-order valence-electron chi connectivity index (χ2n) is 9.62. The van der Waals surface area contributed by atoms with E-state index in [1.807, 2.05) is 20.8 Å². The van der Waals surface area contributed by atoms with E-state index in [9.17, 15) is 18.0 Å². The Morgan fingerprint density at radius 1 is 1.03 bits per heavy atom. The van der Waals surface area contributed by atoms with Crippen molar-refractivity contribution in [2.75, 3.05) is 17.1 Å². The van der Waals surface area contributed by atoms with Gasteiger partial charge in [0, 0.05) is 27.2 Å². The first-order valence-electron chi connectivity index (χ1n) is 11.3. The molecule has 0 radical (unpaired) electrons. The number of nitrogens with zero attached hydrogens (tertiary/aromatic N) is 2. The summed E-state index contributed by atoms with van der Waals surface area (Å²) in [6, 6.07) is 8.81. The quantitative estimate of drug-likeness (QED) is 0.430. The number of anilines is 1. The maximum atomic E-state index is 13.8. The molecule has 1 atom stereocenters. The molecule has 2 amide bonds. The summed E-state index contributed by atoms with van der Waals surface area (Å²) in [5.74, 6) is -0.921. The maximum absolute atomic E-state index is 13.8. The van der Waals surface area contributed by atoms with Crippen LogP contribution in [0.1, 0.15) is 45.2 Å². The minimum absolute atomic E-state index is 0.0168. The molecular weight excluding hydrogens is 545 g/mol. The number of benzene rings is 2. The molecule has 36 heavy (non-hydrogen) atoms. The van der Waals surface area contributed by atoms with Gasteiger partial charge in [0.15, 0.2) is 0 Å². The highest BCUT2D eigenvalue weighted by molar-refractivity contribution is 7.92. The lowest BCUT2D eigenvalue weighted by atomic mass is 10.1. The van der Waals surface area contributed by atoms with E-state index in [0.29, 0.717) is 32.6 Å². The third-order valence-corrected chi connectivity index (χ3v) is 7.31. The van der Waals surface area contributed by atoms with Gasteiger partial charge < -0.3 is 10.2 Å².